The van der Waals surface area contributed by atoms with Crippen molar-refractivity contribution in [2.24, 2.45) is 7.05 Å². The Labute approximate surface area is 193 Å². The molecule has 1 heterocycles. The van der Waals surface area contributed by atoms with Crippen LogP contribution in [0.2, 0.25) is 0 Å². The van der Waals surface area contributed by atoms with E-state index in [4.69, 9.17) is 0 Å². The lowest BCUT2D eigenvalue weighted by Gasteiger charge is -2.19. The number of nitrogens with zero attached hydrogens (tertiary/aromatic N) is 3. The Balaban J connectivity index is 1.58. The zero-order chi connectivity index (χ0) is 23.5. The normalized spacial score (nSPS) is 11.3. The predicted molar refractivity (Wildman–Crippen MR) is 129 cm³/mol. The lowest BCUT2D eigenvalue weighted by molar-refractivity contribution is -0.117. The molecule has 0 aliphatic heterocycles. The molecule has 3 aromatic rings. The van der Waals surface area contributed by atoms with Crippen molar-refractivity contribution in [1.82, 2.24) is 20.1 Å². The molecule has 3 rings (SSSR count). The Morgan fingerprint density at radius 1 is 1.03 bits per heavy atom. The van der Waals surface area contributed by atoms with E-state index in [1.54, 1.807) is 6.07 Å². The number of aromatic nitrogens is 3. The summed E-state index contributed by atoms with van der Waals surface area (Å²) in [6.45, 7) is 10.4. The third-order valence-electron chi connectivity index (χ3n) is 5.28. The predicted octanol–water partition coefficient (Wildman–Crippen LogP) is 4.84. The molecule has 0 atom stereocenters. The molecular formula is C24H29N5O2S. The molecule has 8 heteroatoms. The fourth-order valence-electron chi connectivity index (χ4n) is 3.14. The molecule has 3 amide bonds. The van der Waals surface area contributed by atoms with Gasteiger partial charge in [0.15, 0.2) is 11.0 Å². The maximum absolute atomic E-state index is 12.2. The Bertz CT molecular complexity index is 1130. The number of hydrogen-bond donors (Lipinski definition) is 2. The number of urea groups is 1. The smallest absolute Gasteiger partial charge is 0.307 e. The maximum Gasteiger partial charge on any atom is 0.325 e. The van der Waals surface area contributed by atoms with E-state index in [1.807, 2.05) is 49.7 Å². The van der Waals surface area contributed by atoms with Crippen LogP contribution in [0.1, 0.15) is 37.5 Å². The topological polar surface area (TPSA) is 88.9 Å². The molecule has 2 N–H and O–H groups in total. The van der Waals surface area contributed by atoms with Gasteiger partial charge in [-0.15, -0.1) is 10.2 Å². The summed E-state index contributed by atoms with van der Waals surface area (Å²) in [5.74, 6) is 0.368. The van der Waals surface area contributed by atoms with Crippen LogP contribution in [0.4, 0.5) is 10.5 Å². The molecule has 32 heavy (non-hydrogen) atoms. The first-order valence-electron chi connectivity index (χ1n) is 10.4. The summed E-state index contributed by atoms with van der Waals surface area (Å²) < 4.78 is 1.85. The Morgan fingerprint density at radius 3 is 2.38 bits per heavy atom. The molecule has 0 saturated carbocycles. The number of nitrogens with one attached hydrogen (secondary N) is 2. The first kappa shape index (κ1) is 23.5. The Morgan fingerprint density at radius 2 is 1.72 bits per heavy atom. The molecule has 0 fully saturated rings. The van der Waals surface area contributed by atoms with Crippen LogP contribution < -0.4 is 10.6 Å². The summed E-state index contributed by atoms with van der Waals surface area (Å²) in [5.41, 5.74) is 4.99. The van der Waals surface area contributed by atoms with Gasteiger partial charge < -0.3 is 9.88 Å². The number of carbonyl (C=O) groups is 2. The fourth-order valence-corrected chi connectivity index (χ4v) is 3.86. The summed E-state index contributed by atoms with van der Waals surface area (Å²) >= 11 is 1.23. The van der Waals surface area contributed by atoms with Gasteiger partial charge in [-0.3, -0.25) is 10.1 Å². The lowest BCUT2D eigenvalue weighted by Crippen LogP contribution is -2.35. The van der Waals surface area contributed by atoms with E-state index in [9.17, 15) is 9.59 Å². The molecule has 2 aromatic carbocycles. The summed E-state index contributed by atoms with van der Waals surface area (Å²) in [6.07, 6.45) is 0. The third-order valence-corrected chi connectivity index (χ3v) is 6.30. The second kappa shape index (κ2) is 9.56. The van der Waals surface area contributed by atoms with Gasteiger partial charge in [-0.2, -0.15) is 0 Å². The monoisotopic (exact) mass is 451 g/mol. The van der Waals surface area contributed by atoms with Gasteiger partial charge in [-0.1, -0.05) is 68.9 Å². The zero-order valence-electron chi connectivity index (χ0n) is 19.3. The molecule has 0 spiro atoms. The van der Waals surface area contributed by atoms with E-state index in [0.29, 0.717) is 10.8 Å². The number of imide groups is 1. The summed E-state index contributed by atoms with van der Waals surface area (Å²) in [5, 5.41) is 14.1. The molecule has 0 saturated heterocycles. The quantitative estimate of drug-likeness (QED) is 0.542. The van der Waals surface area contributed by atoms with Gasteiger partial charge in [0.05, 0.1) is 5.75 Å². The number of hydrogen-bond acceptors (Lipinski definition) is 5. The minimum atomic E-state index is -0.554. The van der Waals surface area contributed by atoms with Gasteiger partial charge in [0.25, 0.3) is 0 Å². The van der Waals surface area contributed by atoms with Crippen LogP contribution in [0, 0.1) is 13.8 Å². The van der Waals surface area contributed by atoms with Gasteiger partial charge in [0.2, 0.25) is 5.91 Å². The van der Waals surface area contributed by atoms with Crippen molar-refractivity contribution in [1.29, 1.82) is 0 Å². The van der Waals surface area contributed by atoms with Crippen molar-refractivity contribution in [3.8, 4) is 11.4 Å². The SMILES string of the molecule is Cc1cccc(NC(=O)NC(=O)CSc2nnc(-c3ccc(C(C)(C)C)cc3)n2C)c1C. The van der Waals surface area contributed by atoms with Gasteiger partial charge in [-0.05, 0) is 42.0 Å². The third kappa shape index (κ3) is 5.56. The van der Waals surface area contributed by atoms with Crippen molar-refractivity contribution in [3.63, 3.8) is 0 Å². The molecule has 1 aromatic heterocycles. The van der Waals surface area contributed by atoms with Gasteiger partial charge in [0.1, 0.15) is 0 Å². The average Bonchev–Trinajstić information content (AvgIpc) is 3.09. The number of amides is 3. The summed E-state index contributed by atoms with van der Waals surface area (Å²) in [6, 6.07) is 13.3. The second-order valence-corrected chi connectivity index (χ2v) is 9.67. The van der Waals surface area contributed by atoms with Crippen LogP contribution in [0.5, 0.6) is 0 Å². The molecule has 0 bridgehead atoms. The molecule has 0 unspecified atom stereocenters. The van der Waals surface area contributed by atoms with Gasteiger partial charge >= 0.3 is 6.03 Å². The molecular weight excluding hydrogens is 422 g/mol. The highest BCUT2D eigenvalue weighted by atomic mass is 32.2. The van der Waals surface area contributed by atoms with Crippen molar-refractivity contribution in [2.45, 2.75) is 45.2 Å². The minimum Gasteiger partial charge on any atom is -0.307 e. The van der Waals surface area contributed by atoms with Crippen LogP contribution in [-0.4, -0.2) is 32.5 Å². The van der Waals surface area contributed by atoms with Crippen LogP contribution in [0.15, 0.2) is 47.6 Å². The first-order chi connectivity index (χ1) is 15.1. The van der Waals surface area contributed by atoms with Crippen LogP contribution in [0.25, 0.3) is 11.4 Å². The second-order valence-electron chi connectivity index (χ2n) is 8.73. The van der Waals surface area contributed by atoms with Crippen molar-refractivity contribution < 1.29 is 9.59 Å². The maximum atomic E-state index is 12.2. The number of rotatable bonds is 5. The Hall–Kier alpha value is -3.13. The van der Waals surface area contributed by atoms with Crippen LogP contribution >= 0.6 is 11.8 Å². The van der Waals surface area contributed by atoms with Gasteiger partial charge in [0, 0.05) is 18.3 Å². The summed E-state index contributed by atoms with van der Waals surface area (Å²) in [4.78, 5) is 24.4. The van der Waals surface area contributed by atoms with Crippen LogP contribution in [-0.2, 0) is 17.3 Å². The van der Waals surface area contributed by atoms with Crippen LogP contribution in [0.3, 0.4) is 0 Å². The lowest BCUT2D eigenvalue weighted by atomic mass is 9.87. The Kier molecular flexibility index (Phi) is 7.03. The molecule has 0 radical (unpaired) electrons. The fraction of sp³-hybridized carbons (Fsp3) is 0.333. The van der Waals surface area contributed by atoms with E-state index >= 15 is 0 Å². The number of carbonyl (C=O) groups excluding carboxylic acids is 2. The van der Waals surface area contributed by atoms with E-state index < -0.39 is 11.9 Å². The minimum absolute atomic E-state index is 0.0507. The number of aryl methyl sites for hydroxylation is 1. The highest BCUT2D eigenvalue weighted by Crippen LogP contribution is 2.27. The highest BCUT2D eigenvalue weighted by molar-refractivity contribution is 7.99. The standard InChI is InChI=1S/C24H29N5O2S/c1-15-8-7-9-19(16(15)2)25-22(31)26-20(30)14-32-23-28-27-21(29(23)6)17-10-12-18(13-11-17)24(3,4)5/h7-13H,14H2,1-6H3,(H2,25,26,30,31). The largest absolute Gasteiger partial charge is 0.325 e. The zero-order valence-corrected chi connectivity index (χ0v) is 20.1. The molecule has 0 aliphatic carbocycles. The average molecular weight is 452 g/mol. The van der Waals surface area contributed by atoms with Crippen molar-refractivity contribution in [3.05, 3.63) is 59.2 Å². The van der Waals surface area contributed by atoms with E-state index in [1.165, 1.54) is 17.3 Å². The number of thioether (sulfide) groups is 1. The van der Waals surface area contributed by atoms with E-state index in [0.717, 1.165) is 22.5 Å². The van der Waals surface area contributed by atoms with Crippen molar-refractivity contribution in [2.75, 3.05) is 11.1 Å². The molecule has 0 aliphatic rings. The number of anilines is 1. The van der Waals surface area contributed by atoms with E-state index in [-0.39, 0.29) is 11.2 Å². The van der Waals surface area contributed by atoms with E-state index in [2.05, 4.69) is 53.7 Å². The highest BCUT2D eigenvalue weighted by Gasteiger charge is 2.17. The molecule has 7 nitrogen and oxygen atoms in total. The summed E-state index contributed by atoms with van der Waals surface area (Å²) in [7, 11) is 1.86. The first-order valence-corrected chi connectivity index (χ1v) is 11.3. The van der Waals surface area contributed by atoms with Gasteiger partial charge in [-0.25, -0.2) is 4.79 Å². The molecule has 168 valence electrons. The number of benzene rings is 2. The van der Waals surface area contributed by atoms with Crippen molar-refractivity contribution >= 4 is 29.4 Å².